The molecule has 0 bridgehead atoms. The number of benzene rings is 1. The van der Waals surface area contributed by atoms with E-state index in [2.05, 4.69) is 36.2 Å². The molecule has 1 aromatic rings. The average Bonchev–Trinajstić information content (AvgIpc) is 3.34. The van der Waals surface area contributed by atoms with Gasteiger partial charge in [-0.05, 0) is 78.0 Å². The van der Waals surface area contributed by atoms with Crippen LogP contribution in [-0.2, 0) is 14.3 Å². The number of amidine groups is 1. The number of rotatable bonds is 7. The Morgan fingerprint density at radius 1 is 1.37 bits per heavy atom. The Morgan fingerprint density at radius 2 is 2.13 bits per heavy atom. The maximum atomic E-state index is 11.8. The molecule has 1 aromatic carbocycles. The summed E-state index contributed by atoms with van der Waals surface area (Å²) in [4.78, 5) is 23.3. The van der Waals surface area contributed by atoms with E-state index >= 15 is 0 Å². The largest absolute Gasteiger partial charge is 0.490 e. The van der Waals surface area contributed by atoms with Crippen LogP contribution in [0.15, 0.2) is 37.8 Å². The van der Waals surface area contributed by atoms with Crippen molar-refractivity contribution >= 4 is 51.0 Å². The summed E-state index contributed by atoms with van der Waals surface area (Å²) in [5, 5.41) is 10.9. The number of thioether (sulfide) groups is 1. The number of amides is 1. The number of halogens is 1. The Labute approximate surface area is 187 Å². The maximum absolute atomic E-state index is 11.8. The molecule has 1 aliphatic carbocycles. The zero-order valence-electron chi connectivity index (χ0n) is 16.6. The van der Waals surface area contributed by atoms with Crippen LogP contribution in [0.1, 0.15) is 38.2 Å². The SMILES string of the molecule is CCOc1cc(C=N/N=C2/NC(=O)/C(=C\C(=O)OC)S2)cc(Br)c1OC1CCCC1. The highest BCUT2D eigenvalue weighted by Gasteiger charge is 2.25. The number of hydrogen-bond acceptors (Lipinski definition) is 8. The van der Waals surface area contributed by atoms with Gasteiger partial charge in [-0.3, -0.25) is 10.1 Å². The van der Waals surface area contributed by atoms with Gasteiger partial charge < -0.3 is 14.2 Å². The van der Waals surface area contributed by atoms with E-state index in [-0.39, 0.29) is 16.2 Å². The number of nitrogens with one attached hydrogen (secondary N) is 1. The highest BCUT2D eigenvalue weighted by atomic mass is 79.9. The van der Waals surface area contributed by atoms with Crippen LogP contribution in [0.4, 0.5) is 0 Å². The quantitative estimate of drug-likeness (QED) is 0.267. The zero-order chi connectivity index (χ0) is 21.5. The molecule has 160 valence electrons. The fourth-order valence-corrected chi connectivity index (χ4v) is 4.29. The summed E-state index contributed by atoms with van der Waals surface area (Å²) >= 11 is 4.58. The van der Waals surface area contributed by atoms with E-state index in [9.17, 15) is 9.59 Å². The first-order valence-corrected chi connectivity index (χ1v) is 11.1. The summed E-state index contributed by atoms with van der Waals surface area (Å²) in [6.07, 6.45) is 7.34. The van der Waals surface area contributed by atoms with Crippen LogP contribution in [-0.4, -0.2) is 43.1 Å². The van der Waals surface area contributed by atoms with Crippen LogP contribution in [0.25, 0.3) is 0 Å². The Hall–Kier alpha value is -2.33. The smallest absolute Gasteiger partial charge is 0.331 e. The van der Waals surface area contributed by atoms with E-state index in [1.165, 1.54) is 20.0 Å². The predicted octanol–water partition coefficient (Wildman–Crippen LogP) is 3.78. The number of hydrogen-bond donors (Lipinski definition) is 1. The minimum absolute atomic E-state index is 0.200. The number of carbonyl (C=O) groups is 2. The van der Waals surface area contributed by atoms with E-state index in [1.807, 2.05) is 19.1 Å². The van der Waals surface area contributed by atoms with Crippen molar-refractivity contribution in [2.75, 3.05) is 13.7 Å². The number of carbonyl (C=O) groups excluding carboxylic acids is 2. The van der Waals surface area contributed by atoms with Gasteiger partial charge in [-0.1, -0.05) is 0 Å². The van der Waals surface area contributed by atoms with Crippen LogP contribution < -0.4 is 14.8 Å². The van der Waals surface area contributed by atoms with Gasteiger partial charge in [-0.25, -0.2) is 4.79 Å². The molecule has 1 N–H and O–H groups in total. The summed E-state index contributed by atoms with van der Waals surface area (Å²) < 4.78 is 17.2. The third kappa shape index (κ3) is 5.85. The number of ether oxygens (including phenoxy) is 3. The summed E-state index contributed by atoms with van der Waals surface area (Å²) in [5.41, 5.74) is 0.757. The second kappa shape index (κ2) is 10.6. The lowest BCUT2D eigenvalue weighted by atomic mass is 10.2. The average molecular weight is 496 g/mol. The second-order valence-corrected chi connectivity index (χ2v) is 8.41. The van der Waals surface area contributed by atoms with Crippen molar-refractivity contribution < 1.29 is 23.8 Å². The van der Waals surface area contributed by atoms with E-state index in [0.29, 0.717) is 18.1 Å². The lowest BCUT2D eigenvalue weighted by molar-refractivity contribution is -0.135. The fraction of sp³-hybridized carbons (Fsp3) is 0.400. The normalized spacial score (nSPS) is 19.6. The van der Waals surface area contributed by atoms with Gasteiger partial charge in [0.05, 0.1) is 35.4 Å². The maximum Gasteiger partial charge on any atom is 0.331 e. The molecule has 1 heterocycles. The molecule has 0 unspecified atom stereocenters. The molecule has 8 nitrogen and oxygen atoms in total. The van der Waals surface area contributed by atoms with Crippen molar-refractivity contribution in [3.05, 3.63) is 33.2 Å². The molecule has 1 saturated heterocycles. The molecule has 1 amide bonds. The van der Waals surface area contributed by atoms with Gasteiger partial charge in [0.1, 0.15) is 0 Å². The Bertz CT molecular complexity index is 910. The van der Waals surface area contributed by atoms with Crippen molar-refractivity contribution in [1.82, 2.24) is 5.32 Å². The Kier molecular flexibility index (Phi) is 7.92. The number of nitrogens with zero attached hydrogens (tertiary/aromatic N) is 2. The summed E-state index contributed by atoms with van der Waals surface area (Å²) in [6, 6.07) is 3.71. The molecule has 3 rings (SSSR count). The van der Waals surface area contributed by atoms with E-state index in [4.69, 9.17) is 9.47 Å². The van der Waals surface area contributed by atoms with Gasteiger partial charge in [0.25, 0.3) is 5.91 Å². The minimum atomic E-state index is -0.606. The van der Waals surface area contributed by atoms with Crippen LogP contribution in [0, 0.1) is 0 Å². The fourth-order valence-electron chi connectivity index (χ4n) is 3.00. The van der Waals surface area contributed by atoms with E-state index < -0.39 is 11.9 Å². The third-order valence-electron chi connectivity index (χ3n) is 4.37. The molecular weight excluding hydrogens is 474 g/mol. The van der Waals surface area contributed by atoms with Crippen LogP contribution in [0.3, 0.4) is 0 Å². The second-order valence-electron chi connectivity index (χ2n) is 6.52. The molecule has 0 atom stereocenters. The van der Waals surface area contributed by atoms with Gasteiger partial charge >= 0.3 is 5.97 Å². The van der Waals surface area contributed by atoms with Crippen molar-refractivity contribution in [3.8, 4) is 11.5 Å². The molecule has 30 heavy (non-hydrogen) atoms. The first-order valence-electron chi connectivity index (χ1n) is 9.53. The minimum Gasteiger partial charge on any atom is -0.490 e. The third-order valence-corrected chi connectivity index (χ3v) is 5.86. The van der Waals surface area contributed by atoms with Gasteiger partial charge in [-0.15, -0.1) is 5.10 Å². The molecule has 1 aliphatic heterocycles. The predicted molar refractivity (Wildman–Crippen MR) is 119 cm³/mol. The Morgan fingerprint density at radius 3 is 2.83 bits per heavy atom. The van der Waals surface area contributed by atoms with Gasteiger partial charge in [0.15, 0.2) is 16.7 Å². The van der Waals surface area contributed by atoms with Crippen molar-refractivity contribution in [3.63, 3.8) is 0 Å². The lowest BCUT2D eigenvalue weighted by Crippen LogP contribution is -2.19. The summed E-state index contributed by atoms with van der Waals surface area (Å²) in [5.74, 6) is 0.308. The highest BCUT2D eigenvalue weighted by molar-refractivity contribution is 9.10. The van der Waals surface area contributed by atoms with Crippen LogP contribution in [0.5, 0.6) is 11.5 Å². The van der Waals surface area contributed by atoms with Crippen molar-refractivity contribution in [2.45, 2.75) is 38.7 Å². The standard InChI is InChI=1S/C20H22BrN3O5S/c1-3-28-15-9-12(8-14(21)18(15)29-13-6-4-5-7-13)11-22-24-20-23-19(26)16(30-20)10-17(25)27-2/h8-11,13H,3-7H2,1-2H3,(H,23,24,26)/b16-10+,22-11?. The first kappa shape index (κ1) is 22.4. The monoisotopic (exact) mass is 495 g/mol. The van der Waals surface area contributed by atoms with Gasteiger partial charge in [-0.2, -0.15) is 5.10 Å². The summed E-state index contributed by atoms with van der Waals surface area (Å²) in [7, 11) is 1.24. The molecule has 0 aromatic heterocycles. The molecule has 0 radical (unpaired) electrons. The molecule has 0 spiro atoms. The van der Waals surface area contributed by atoms with Gasteiger partial charge in [0.2, 0.25) is 0 Å². The first-order chi connectivity index (χ1) is 14.5. The summed E-state index contributed by atoms with van der Waals surface area (Å²) in [6.45, 7) is 2.42. The highest BCUT2D eigenvalue weighted by Crippen LogP contribution is 2.39. The van der Waals surface area contributed by atoms with E-state index in [0.717, 1.165) is 40.7 Å². The molecule has 10 heteroatoms. The molecule has 2 aliphatic rings. The number of methoxy groups -OCH3 is 1. The number of esters is 1. The molecule has 2 fully saturated rings. The van der Waals surface area contributed by atoms with Crippen LogP contribution >= 0.6 is 27.7 Å². The van der Waals surface area contributed by atoms with Crippen molar-refractivity contribution in [1.29, 1.82) is 0 Å². The van der Waals surface area contributed by atoms with Crippen molar-refractivity contribution in [2.24, 2.45) is 10.2 Å². The van der Waals surface area contributed by atoms with Crippen LogP contribution in [0.2, 0.25) is 0 Å². The van der Waals surface area contributed by atoms with Gasteiger partial charge in [0, 0.05) is 6.08 Å². The molecular formula is C20H22BrN3O5S. The van der Waals surface area contributed by atoms with E-state index in [1.54, 1.807) is 6.21 Å². The topological polar surface area (TPSA) is 98.6 Å². The Balaban J connectivity index is 1.73. The lowest BCUT2D eigenvalue weighted by Gasteiger charge is -2.18. The molecule has 1 saturated carbocycles. The zero-order valence-corrected chi connectivity index (χ0v) is 19.0.